The maximum absolute atomic E-state index is 5.95. The number of nitrogens with zero attached hydrogens (tertiary/aromatic N) is 2. The van der Waals surface area contributed by atoms with E-state index in [1.807, 2.05) is 11.6 Å². The van der Waals surface area contributed by atoms with Gasteiger partial charge in [0.15, 0.2) is 0 Å². The minimum atomic E-state index is 0.650. The van der Waals surface area contributed by atoms with E-state index in [1.165, 1.54) is 17.5 Å². The zero-order chi connectivity index (χ0) is 12.5. The predicted octanol–water partition coefficient (Wildman–Crippen LogP) is 2.50. The molecule has 0 spiro atoms. The van der Waals surface area contributed by atoms with Crippen LogP contribution in [0.25, 0.3) is 0 Å². The average molecular weight is 262 g/mol. The van der Waals surface area contributed by atoms with Gasteiger partial charge in [-0.05, 0) is 17.5 Å². The Morgan fingerprint density at radius 3 is 3.00 bits per heavy atom. The predicted molar refractivity (Wildman–Crippen MR) is 72.8 cm³/mol. The standard InChI is InChI=1S/C14H16ClN3/c1-18-13(15)8-17-14(18)9-16-7-11-6-10-4-2-3-5-12(10)11/h2-5,8,11,16H,6-7,9H2,1H3. The van der Waals surface area contributed by atoms with Crippen LogP contribution in [0.2, 0.25) is 5.15 Å². The highest BCUT2D eigenvalue weighted by Gasteiger charge is 2.24. The van der Waals surface area contributed by atoms with E-state index in [9.17, 15) is 0 Å². The largest absolute Gasteiger partial charge is 0.321 e. The summed E-state index contributed by atoms with van der Waals surface area (Å²) >= 11 is 5.95. The maximum Gasteiger partial charge on any atom is 0.128 e. The van der Waals surface area contributed by atoms with Crippen molar-refractivity contribution >= 4 is 11.6 Å². The quantitative estimate of drug-likeness (QED) is 0.917. The van der Waals surface area contributed by atoms with Crippen LogP contribution in [0.1, 0.15) is 22.9 Å². The van der Waals surface area contributed by atoms with E-state index in [4.69, 9.17) is 11.6 Å². The molecule has 2 aromatic rings. The normalized spacial score (nSPS) is 17.3. The summed E-state index contributed by atoms with van der Waals surface area (Å²) in [6.45, 7) is 1.77. The molecular weight excluding hydrogens is 246 g/mol. The molecule has 1 aliphatic rings. The molecule has 18 heavy (non-hydrogen) atoms. The van der Waals surface area contributed by atoms with Gasteiger partial charge < -0.3 is 9.88 Å². The summed E-state index contributed by atoms with van der Waals surface area (Å²) in [7, 11) is 1.94. The van der Waals surface area contributed by atoms with Crippen LogP contribution in [0.4, 0.5) is 0 Å². The van der Waals surface area contributed by atoms with Gasteiger partial charge in [0.05, 0.1) is 12.7 Å². The molecule has 0 aliphatic heterocycles. The molecule has 0 radical (unpaired) electrons. The minimum absolute atomic E-state index is 0.650. The van der Waals surface area contributed by atoms with Crippen LogP contribution in [0.15, 0.2) is 30.5 Å². The molecule has 0 fully saturated rings. The molecular formula is C14H16ClN3. The lowest BCUT2D eigenvalue weighted by molar-refractivity contribution is 0.524. The topological polar surface area (TPSA) is 29.9 Å². The Kier molecular flexibility index (Phi) is 3.10. The van der Waals surface area contributed by atoms with E-state index in [-0.39, 0.29) is 0 Å². The average Bonchev–Trinajstić information content (AvgIpc) is 2.66. The summed E-state index contributed by atoms with van der Waals surface area (Å²) in [5, 5.41) is 4.14. The van der Waals surface area contributed by atoms with Crippen molar-refractivity contribution in [2.75, 3.05) is 6.54 Å². The van der Waals surface area contributed by atoms with Gasteiger partial charge in [-0.3, -0.25) is 0 Å². The van der Waals surface area contributed by atoms with E-state index in [1.54, 1.807) is 6.20 Å². The Morgan fingerprint density at radius 2 is 2.28 bits per heavy atom. The van der Waals surface area contributed by atoms with Crippen molar-refractivity contribution in [2.45, 2.75) is 18.9 Å². The molecule has 0 saturated heterocycles. The van der Waals surface area contributed by atoms with Crippen LogP contribution in [0.3, 0.4) is 0 Å². The monoisotopic (exact) mass is 261 g/mol. The van der Waals surface area contributed by atoms with Crippen LogP contribution in [-0.2, 0) is 20.0 Å². The lowest BCUT2D eigenvalue weighted by Crippen LogP contribution is -2.29. The van der Waals surface area contributed by atoms with Crippen molar-refractivity contribution in [1.82, 2.24) is 14.9 Å². The second-order valence-electron chi connectivity index (χ2n) is 4.79. The number of rotatable bonds is 4. The van der Waals surface area contributed by atoms with Gasteiger partial charge >= 0.3 is 0 Å². The molecule has 0 saturated carbocycles. The molecule has 0 amide bonds. The molecule has 1 N–H and O–H groups in total. The lowest BCUT2D eigenvalue weighted by atomic mass is 9.78. The van der Waals surface area contributed by atoms with Gasteiger partial charge in [0, 0.05) is 19.5 Å². The van der Waals surface area contributed by atoms with Crippen LogP contribution < -0.4 is 5.32 Å². The number of hydrogen-bond acceptors (Lipinski definition) is 2. The highest BCUT2D eigenvalue weighted by Crippen LogP contribution is 2.33. The lowest BCUT2D eigenvalue weighted by Gasteiger charge is -2.30. The first-order valence-corrected chi connectivity index (χ1v) is 6.58. The summed E-state index contributed by atoms with van der Waals surface area (Å²) in [6.07, 6.45) is 2.88. The molecule has 1 aromatic carbocycles. The third kappa shape index (κ3) is 2.04. The Hall–Kier alpha value is -1.32. The SMILES string of the molecule is Cn1c(Cl)cnc1CNCC1Cc2ccccc21. The zero-order valence-corrected chi connectivity index (χ0v) is 11.1. The molecule has 1 aromatic heterocycles. The van der Waals surface area contributed by atoms with Gasteiger partial charge in [0.1, 0.15) is 11.0 Å². The number of aromatic nitrogens is 2. The fourth-order valence-corrected chi connectivity index (χ4v) is 2.64. The van der Waals surface area contributed by atoms with Gasteiger partial charge in [0.2, 0.25) is 0 Å². The minimum Gasteiger partial charge on any atom is -0.321 e. The van der Waals surface area contributed by atoms with Crippen molar-refractivity contribution in [3.63, 3.8) is 0 Å². The smallest absolute Gasteiger partial charge is 0.128 e. The number of halogens is 1. The van der Waals surface area contributed by atoms with Gasteiger partial charge in [-0.2, -0.15) is 0 Å². The van der Waals surface area contributed by atoms with E-state index in [2.05, 4.69) is 34.6 Å². The zero-order valence-electron chi connectivity index (χ0n) is 10.4. The third-order valence-electron chi connectivity index (χ3n) is 3.66. The molecule has 0 bridgehead atoms. The molecule has 1 atom stereocenters. The van der Waals surface area contributed by atoms with E-state index >= 15 is 0 Å². The van der Waals surface area contributed by atoms with Crippen molar-refractivity contribution in [3.8, 4) is 0 Å². The first-order valence-electron chi connectivity index (χ1n) is 6.20. The fraction of sp³-hybridized carbons (Fsp3) is 0.357. The van der Waals surface area contributed by atoms with Crippen molar-refractivity contribution in [2.24, 2.45) is 7.05 Å². The summed E-state index contributed by atoms with van der Waals surface area (Å²) in [6, 6.07) is 8.66. The van der Waals surface area contributed by atoms with Gasteiger partial charge in [-0.1, -0.05) is 35.9 Å². The van der Waals surface area contributed by atoms with Crippen LogP contribution in [0, 0.1) is 0 Å². The highest BCUT2D eigenvalue weighted by molar-refractivity contribution is 6.29. The number of fused-ring (bicyclic) bond motifs is 1. The highest BCUT2D eigenvalue weighted by atomic mass is 35.5. The Balaban J connectivity index is 1.54. The Bertz CT molecular complexity index is 562. The number of nitrogens with one attached hydrogen (secondary N) is 1. The van der Waals surface area contributed by atoms with Crippen LogP contribution >= 0.6 is 11.6 Å². The van der Waals surface area contributed by atoms with Crippen molar-refractivity contribution < 1.29 is 0 Å². The first kappa shape index (κ1) is 11.8. The molecule has 3 nitrogen and oxygen atoms in total. The number of hydrogen-bond donors (Lipinski definition) is 1. The van der Waals surface area contributed by atoms with Gasteiger partial charge in [-0.25, -0.2) is 4.98 Å². The van der Waals surface area contributed by atoms with Gasteiger partial charge in [-0.15, -0.1) is 0 Å². The van der Waals surface area contributed by atoms with E-state index < -0.39 is 0 Å². The van der Waals surface area contributed by atoms with Crippen LogP contribution in [-0.4, -0.2) is 16.1 Å². The maximum atomic E-state index is 5.95. The second-order valence-corrected chi connectivity index (χ2v) is 5.17. The second kappa shape index (κ2) is 4.75. The summed E-state index contributed by atoms with van der Waals surface area (Å²) < 4.78 is 1.91. The summed E-state index contributed by atoms with van der Waals surface area (Å²) in [4.78, 5) is 4.27. The molecule has 4 heteroatoms. The van der Waals surface area contributed by atoms with Crippen molar-refractivity contribution in [1.29, 1.82) is 0 Å². The molecule has 1 unspecified atom stereocenters. The molecule has 3 rings (SSSR count). The van der Waals surface area contributed by atoms with Crippen LogP contribution in [0.5, 0.6) is 0 Å². The molecule has 1 heterocycles. The summed E-state index contributed by atoms with van der Waals surface area (Å²) in [5.41, 5.74) is 2.98. The third-order valence-corrected chi connectivity index (χ3v) is 4.01. The fourth-order valence-electron chi connectivity index (χ4n) is 2.49. The van der Waals surface area contributed by atoms with E-state index in [0.717, 1.165) is 18.9 Å². The number of imidazole rings is 1. The van der Waals surface area contributed by atoms with E-state index in [0.29, 0.717) is 11.1 Å². The Labute approximate surface area is 112 Å². The Morgan fingerprint density at radius 1 is 1.44 bits per heavy atom. The van der Waals surface area contributed by atoms with Gasteiger partial charge in [0.25, 0.3) is 0 Å². The molecule has 94 valence electrons. The molecule has 1 aliphatic carbocycles. The van der Waals surface area contributed by atoms with Crippen molar-refractivity contribution in [3.05, 3.63) is 52.6 Å². The summed E-state index contributed by atoms with van der Waals surface area (Å²) in [5.74, 6) is 1.63. The first-order chi connectivity index (χ1) is 8.75. The number of benzene rings is 1.